The van der Waals surface area contributed by atoms with Crippen molar-refractivity contribution < 1.29 is 13.9 Å². The number of ether oxygens (including phenoxy) is 2. The van der Waals surface area contributed by atoms with E-state index >= 15 is 0 Å². The van der Waals surface area contributed by atoms with Crippen molar-refractivity contribution in [2.24, 2.45) is 0 Å². The summed E-state index contributed by atoms with van der Waals surface area (Å²) in [5.74, 6) is 1.19. The highest BCUT2D eigenvalue weighted by molar-refractivity contribution is 5.43. The SMILES string of the molecule is COc1cc(CNC2CCCCC2)ccc1OCc1ccc(F)cc1. The number of hydrogen-bond donors (Lipinski definition) is 1. The van der Waals surface area contributed by atoms with Crippen LogP contribution in [0.25, 0.3) is 0 Å². The van der Waals surface area contributed by atoms with E-state index < -0.39 is 0 Å². The van der Waals surface area contributed by atoms with E-state index in [1.54, 1.807) is 19.2 Å². The van der Waals surface area contributed by atoms with Gasteiger partial charge >= 0.3 is 0 Å². The minimum Gasteiger partial charge on any atom is -0.493 e. The first-order chi connectivity index (χ1) is 12.2. The molecule has 1 aliphatic rings. The molecule has 25 heavy (non-hydrogen) atoms. The van der Waals surface area contributed by atoms with Crippen LogP contribution in [0.1, 0.15) is 43.2 Å². The summed E-state index contributed by atoms with van der Waals surface area (Å²) in [5.41, 5.74) is 2.11. The van der Waals surface area contributed by atoms with Crippen molar-refractivity contribution in [3.8, 4) is 11.5 Å². The molecule has 0 radical (unpaired) electrons. The number of benzene rings is 2. The van der Waals surface area contributed by atoms with E-state index in [-0.39, 0.29) is 5.82 Å². The number of methoxy groups -OCH3 is 1. The molecule has 0 bridgehead atoms. The fourth-order valence-corrected chi connectivity index (χ4v) is 3.25. The van der Waals surface area contributed by atoms with Gasteiger partial charge in [-0.15, -0.1) is 0 Å². The smallest absolute Gasteiger partial charge is 0.161 e. The van der Waals surface area contributed by atoms with E-state index in [2.05, 4.69) is 11.4 Å². The average molecular weight is 343 g/mol. The van der Waals surface area contributed by atoms with Gasteiger partial charge in [-0.05, 0) is 48.2 Å². The highest BCUT2D eigenvalue weighted by atomic mass is 19.1. The molecule has 2 aromatic carbocycles. The van der Waals surface area contributed by atoms with Gasteiger partial charge in [0.15, 0.2) is 11.5 Å². The predicted octanol–water partition coefficient (Wildman–Crippen LogP) is 4.84. The van der Waals surface area contributed by atoms with Crippen molar-refractivity contribution >= 4 is 0 Å². The summed E-state index contributed by atoms with van der Waals surface area (Å²) in [6.07, 6.45) is 6.58. The molecule has 0 heterocycles. The zero-order chi connectivity index (χ0) is 17.5. The van der Waals surface area contributed by atoms with Gasteiger partial charge in [0.1, 0.15) is 12.4 Å². The Hall–Kier alpha value is -2.07. The Morgan fingerprint density at radius 2 is 1.68 bits per heavy atom. The molecule has 1 N–H and O–H groups in total. The Bertz CT molecular complexity index is 666. The molecule has 0 aliphatic heterocycles. The van der Waals surface area contributed by atoms with Crippen LogP contribution >= 0.6 is 0 Å². The molecule has 3 rings (SSSR count). The van der Waals surface area contributed by atoms with Gasteiger partial charge in [-0.2, -0.15) is 0 Å². The number of hydrogen-bond acceptors (Lipinski definition) is 3. The van der Waals surface area contributed by atoms with Crippen molar-refractivity contribution in [1.82, 2.24) is 5.32 Å². The maximum atomic E-state index is 13.0. The minimum atomic E-state index is -0.240. The summed E-state index contributed by atoms with van der Waals surface area (Å²) in [4.78, 5) is 0. The van der Waals surface area contributed by atoms with Crippen molar-refractivity contribution in [3.05, 3.63) is 59.4 Å². The van der Waals surface area contributed by atoms with Crippen LogP contribution in [-0.4, -0.2) is 13.2 Å². The van der Waals surface area contributed by atoms with Gasteiger partial charge in [0.25, 0.3) is 0 Å². The third-order valence-corrected chi connectivity index (χ3v) is 4.74. The van der Waals surface area contributed by atoms with Crippen molar-refractivity contribution in [2.75, 3.05) is 7.11 Å². The molecule has 1 fully saturated rings. The molecule has 0 aromatic heterocycles. The lowest BCUT2D eigenvalue weighted by Gasteiger charge is -2.23. The molecule has 0 unspecified atom stereocenters. The van der Waals surface area contributed by atoms with E-state index in [4.69, 9.17) is 9.47 Å². The third kappa shape index (κ3) is 5.20. The van der Waals surface area contributed by atoms with E-state index in [0.717, 1.165) is 17.9 Å². The zero-order valence-electron chi connectivity index (χ0n) is 14.8. The molecule has 1 saturated carbocycles. The molecule has 3 nitrogen and oxygen atoms in total. The van der Waals surface area contributed by atoms with E-state index in [9.17, 15) is 4.39 Å². The van der Waals surface area contributed by atoms with Crippen LogP contribution in [-0.2, 0) is 13.2 Å². The highest BCUT2D eigenvalue weighted by Gasteiger charge is 2.13. The summed E-state index contributed by atoms with van der Waals surface area (Å²) in [7, 11) is 1.65. The summed E-state index contributed by atoms with van der Waals surface area (Å²) >= 11 is 0. The van der Waals surface area contributed by atoms with Gasteiger partial charge in [0.05, 0.1) is 7.11 Å². The first kappa shape index (κ1) is 17.7. The third-order valence-electron chi connectivity index (χ3n) is 4.74. The lowest BCUT2D eigenvalue weighted by Crippen LogP contribution is -2.30. The van der Waals surface area contributed by atoms with Gasteiger partial charge in [-0.25, -0.2) is 4.39 Å². The van der Waals surface area contributed by atoms with Crippen LogP contribution in [0.4, 0.5) is 4.39 Å². The summed E-state index contributed by atoms with van der Waals surface area (Å²) in [6, 6.07) is 13.0. The number of rotatable bonds is 7. The second-order valence-corrected chi connectivity index (χ2v) is 6.62. The largest absolute Gasteiger partial charge is 0.493 e. The standard InChI is InChI=1S/C21H26FNO2/c1-24-21-13-17(14-23-19-5-3-2-4-6-19)9-12-20(21)25-15-16-7-10-18(22)11-8-16/h7-13,19,23H,2-6,14-15H2,1H3. The predicted molar refractivity (Wildman–Crippen MR) is 97.4 cm³/mol. The van der Waals surface area contributed by atoms with Crippen LogP contribution in [0.5, 0.6) is 11.5 Å². The van der Waals surface area contributed by atoms with E-state index in [1.807, 2.05) is 12.1 Å². The second-order valence-electron chi connectivity index (χ2n) is 6.62. The molecule has 0 amide bonds. The summed E-state index contributed by atoms with van der Waals surface area (Å²) in [6.45, 7) is 1.23. The second kappa shape index (κ2) is 8.86. The molecule has 1 aliphatic carbocycles. The van der Waals surface area contributed by atoms with Crippen LogP contribution in [0.2, 0.25) is 0 Å². The lowest BCUT2D eigenvalue weighted by atomic mass is 9.95. The quantitative estimate of drug-likeness (QED) is 0.781. The Kier molecular flexibility index (Phi) is 6.29. The maximum Gasteiger partial charge on any atom is 0.161 e. The maximum absolute atomic E-state index is 13.0. The fraction of sp³-hybridized carbons (Fsp3) is 0.429. The molecule has 134 valence electrons. The number of nitrogens with one attached hydrogen (secondary N) is 1. The van der Waals surface area contributed by atoms with Gasteiger partial charge in [0, 0.05) is 12.6 Å². The molecule has 4 heteroatoms. The van der Waals surface area contributed by atoms with Gasteiger partial charge in [0.2, 0.25) is 0 Å². The topological polar surface area (TPSA) is 30.5 Å². The first-order valence-corrected chi connectivity index (χ1v) is 9.02. The van der Waals surface area contributed by atoms with Crippen LogP contribution in [0.15, 0.2) is 42.5 Å². The molecule has 0 saturated heterocycles. The van der Waals surface area contributed by atoms with Crippen molar-refractivity contribution in [1.29, 1.82) is 0 Å². The molecule has 0 spiro atoms. The fourth-order valence-electron chi connectivity index (χ4n) is 3.25. The Balaban J connectivity index is 1.57. The summed E-state index contributed by atoms with van der Waals surface area (Å²) < 4.78 is 24.3. The highest BCUT2D eigenvalue weighted by Crippen LogP contribution is 2.29. The molecule has 2 aromatic rings. The van der Waals surface area contributed by atoms with Crippen LogP contribution in [0.3, 0.4) is 0 Å². The number of halogens is 1. The van der Waals surface area contributed by atoms with Crippen molar-refractivity contribution in [2.45, 2.75) is 51.3 Å². The molecular weight excluding hydrogens is 317 g/mol. The van der Waals surface area contributed by atoms with Gasteiger partial charge in [-0.1, -0.05) is 37.5 Å². The Labute approximate surface area is 149 Å². The zero-order valence-corrected chi connectivity index (χ0v) is 14.8. The van der Waals surface area contributed by atoms with Crippen molar-refractivity contribution in [3.63, 3.8) is 0 Å². The normalized spacial score (nSPS) is 15.1. The Morgan fingerprint density at radius 1 is 0.960 bits per heavy atom. The van der Waals surface area contributed by atoms with E-state index in [0.29, 0.717) is 18.4 Å². The monoisotopic (exact) mass is 343 g/mol. The lowest BCUT2D eigenvalue weighted by molar-refractivity contribution is 0.284. The van der Waals surface area contributed by atoms with Gasteiger partial charge in [-0.3, -0.25) is 0 Å². The average Bonchev–Trinajstić information content (AvgIpc) is 2.67. The summed E-state index contributed by atoms with van der Waals surface area (Å²) in [5, 5.41) is 3.64. The van der Waals surface area contributed by atoms with Crippen LogP contribution in [0, 0.1) is 5.82 Å². The molecular formula is C21H26FNO2. The minimum absolute atomic E-state index is 0.240. The molecule has 0 atom stereocenters. The van der Waals surface area contributed by atoms with Gasteiger partial charge < -0.3 is 14.8 Å². The van der Waals surface area contributed by atoms with Crippen LogP contribution < -0.4 is 14.8 Å². The Morgan fingerprint density at radius 3 is 2.40 bits per heavy atom. The first-order valence-electron chi connectivity index (χ1n) is 9.02. The van der Waals surface area contributed by atoms with E-state index in [1.165, 1.54) is 49.8 Å².